The average Bonchev–Trinajstić information content (AvgIpc) is 2.72. The van der Waals surface area contributed by atoms with Crippen LogP contribution in [0.1, 0.15) is 25.3 Å². The molecule has 0 aliphatic carbocycles. The molecule has 0 radical (unpaired) electrons. The fraction of sp³-hybridized carbons (Fsp3) is 0.462. The third-order valence-electron chi connectivity index (χ3n) is 3.34. The lowest BCUT2D eigenvalue weighted by Crippen LogP contribution is -2.47. The molecule has 1 heterocycles. The smallest absolute Gasteiger partial charge is 0.244 e. The van der Waals surface area contributed by atoms with Gasteiger partial charge in [-0.3, -0.25) is 4.79 Å². The molecule has 0 saturated carbocycles. The van der Waals surface area contributed by atoms with Crippen molar-refractivity contribution in [1.82, 2.24) is 5.32 Å². The molecule has 1 unspecified atom stereocenters. The molecule has 1 atom stereocenters. The van der Waals surface area contributed by atoms with Crippen molar-refractivity contribution >= 4 is 11.6 Å². The number of anilines is 1. The van der Waals surface area contributed by atoms with Crippen molar-refractivity contribution < 1.29 is 9.90 Å². The van der Waals surface area contributed by atoms with E-state index in [9.17, 15) is 9.90 Å². The minimum Gasteiger partial charge on any atom is -0.508 e. The van der Waals surface area contributed by atoms with Crippen LogP contribution in [-0.4, -0.2) is 23.1 Å². The molecule has 1 aromatic carbocycles. The van der Waals surface area contributed by atoms with Gasteiger partial charge >= 0.3 is 0 Å². The van der Waals surface area contributed by atoms with Gasteiger partial charge in [-0.05, 0) is 44.9 Å². The van der Waals surface area contributed by atoms with Gasteiger partial charge in [0.2, 0.25) is 5.91 Å². The topological polar surface area (TPSA) is 61.4 Å². The van der Waals surface area contributed by atoms with Gasteiger partial charge in [-0.15, -0.1) is 0 Å². The van der Waals surface area contributed by atoms with E-state index in [0.717, 1.165) is 24.9 Å². The van der Waals surface area contributed by atoms with E-state index in [0.29, 0.717) is 5.69 Å². The molecule has 0 spiro atoms. The summed E-state index contributed by atoms with van der Waals surface area (Å²) in [6, 6.07) is 5.16. The second kappa shape index (κ2) is 4.37. The van der Waals surface area contributed by atoms with Crippen LogP contribution in [0.25, 0.3) is 0 Å². The number of hydrogen-bond acceptors (Lipinski definition) is 3. The summed E-state index contributed by atoms with van der Waals surface area (Å²) in [5.41, 5.74) is 0.946. The quantitative estimate of drug-likeness (QED) is 0.731. The zero-order valence-corrected chi connectivity index (χ0v) is 10.2. The summed E-state index contributed by atoms with van der Waals surface area (Å²) in [5, 5.41) is 15.6. The van der Waals surface area contributed by atoms with Gasteiger partial charge in [0.15, 0.2) is 0 Å². The lowest BCUT2D eigenvalue weighted by molar-refractivity contribution is -0.121. The van der Waals surface area contributed by atoms with E-state index in [4.69, 9.17) is 0 Å². The Morgan fingerprint density at radius 2 is 2.29 bits per heavy atom. The predicted octanol–water partition coefficient (Wildman–Crippen LogP) is 1.78. The Labute approximate surface area is 101 Å². The zero-order chi connectivity index (χ0) is 12.5. The Kier molecular flexibility index (Phi) is 3.07. The summed E-state index contributed by atoms with van der Waals surface area (Å²) in [6.07, 6.45) is 1.86. The standard InChI is InChI=1S/C13H18N2O2/c1-9-4-5-10(8-11(9)16)15-12(17)13(2)6-3-7-14-13/h4-5,8,14,16H,3,6-7H2,1-2H3,(H,15,17). The minimum atomic E-state index is -0.486. The van der Waals surface area contributed by atoms with Crippen molar-refractivity contribution in [3.63, 3.8) is 0 Å². The van der Waals surface area contributed by atoms with E-state index in [-0.39, 0.29) is 11.7 Å². The van der Waals surface area contributed by atoms with Crippen LogP contribution in [-0.2, 0) is 4.79 Å². The van der Waals surface area contributed by atoms with E-state index in [1.807, 2.05) is 13.8 Å². The summed E-state index contributed by atoms with van der Waals surface area (Å²) < 4.78 is 0. The second-order valence-electron chi connectivity index (χ2n) is 4.82. The molecule has 2 rings (SSSR count). The number of phenolic OH excluding ortho intramolecular Hbond substituents is 1. The number of rotatable bonds is 2. The van der Waals surface area contributed by atoms with Crippen LogP contribution in [0, 0.1) is 6.92 Å². The molecule has 1 aromatic rings. The maximum Gasteiger partial charge on any atom is 0.244 e. The summed E-state index contributed by atoms with van der Waals surface area (Å²) in [4.78, 5) is 12.1. The highest BCUT2D eigenvalue weighted by atomic mass is 16.3. The molecule has 1 fully saturated rings. The van der Waals surface area contributed by atoms with E-state index in [1.54, 1.807) is 18.2 Å². The first kappa shape index (κ1) is 11.9. The van der Waals surface area contributed by atoms with Crippen molar-refractivity contribution in [2.24, 2.45) is 0 Å². The monoisotopic (exact) mass is 234 g/mol. The van der Waals surface area contributed by atoms with Crippen molar-refractivity contribution in [3.05, 3.63) is 23.8 Å². The number of phenols is 1. The van der Waals surface area contributed by atoms with Crippen molar-refractivity contribution in [2.75, 3.05) is 11.9 Å². The van der Waals surface area contributed by atoms with Crippen LogP contribution in [0.3, 0.4) is 0 Å². The first-order chi connectivity index (χ1) is 8.01. The fourth-order valence-electron chi connectivity index (χ4n) is 2.04. The highest BCUT2D eigenvalue weighted by Crippen LogP contribution is 2.24. The molecule has 4 nitrogen and oxygen atoms in total. The Bertz CT molecular complexity index is 437. The number of aromatic hydroxyl groups is 1. The number of aryl methyl sites for hydroxylation is 1. The number of hydrogen-bond donors (Lipinski definition) is 3. The molecule has 1 aliphatic rings. The SMILES string of the molecule is Cc1ccc(NC(=O)C2(C)CCCN2)cc1O. The molecule has 17 heavy (non-hydrogen) atoms. The molecule has 1 amide bonds. The Balaban J connectivity index is 2.10. The van der Waals surface area contributed by atoms with Gasteiger partial charge in [-0.1, -0.05) is 6.07 Å². The lowest BCUT2D eigenvalue weighted by atomic mass is 9.99. The minimum absolute atomic E-state index is 0.0433. The highest BCUT2D eigenvalue weighted by Gasteiger charge is 2.35. The average molecular weight is 234 g/mol. The molecule has 0 aromatic heterocycles. The largest absolute Gasteiger partial charge is 0.508 e. The van der Waals surface area contributed by atoms with Crippen molar-refractivity contribution in [1.29, 1.82) is 0 Å². The van der Waals surface area contributed by atoms with E-state index in [2.05, 4.69) is 10.6 Å². The molecule has 3 N–H and O–H groups in total. The molecular weight excluding hydrogens is 216 g/mol. The van der Waals surface area contributed by atoms with Crippen molar-refractivity contribution in [3.8, 4) is 5.75 Å². The van der Waals surface area contributed by atoms with Gasteiger partial charge in [0, 0.05) is 11.8 Å². The van der Waals surface area contributed by atoms with Gasteiger partial charge in [-0.2, -0.15) is 0 Å². The maximum atomic E-state index is 12.1. The van der Waals surface area contributed by atoms with Crippen LogP contribution >= 0.6 is 0 Å². The number of carbonyl (C=O) groups is 1. The lowest BCUT2D eigenvalue weighted by Gasteiger charge is -2.23. The summed E-state index contributed by atoms with van der Waals surface area (Å²) in [5.74, 6) is 0.158. The van der Waals surface area contributed by atoms with Gasteiger partial charge in [0.25, 0.3) is 0 Å². The highest BCUT2D eigenvalue weighted by molar-refractivity contribution is 5.98. The van der Waals surface area contributed by atoms with Crippen LogP contribution in [0.15, 0.2) is 18.2 Å². The number of nitrogens with one attached hydrogen (secondary N) is 2. The van der Waals surface area contributed by atoms with Gasteiger partial charge in [-0.25, -0.2) is 0 Å². The van der Waals surface area contributed by atoms with Gasteiger partial charge in [0.05, 0.1) is 5.54 Å². The molecule has 92 valence electrons. The number of benzene rings is 1. The summed E-state index contributed by atoms with van der Waals surface area (Å²) >= 11 is 0. The summed E-state index contributed by atoms with van der Waals surface area (Å²) in [7, 11) is 0. The molecular formula is C13H18N2O2. The van der Waals surface area contributed by atoms with Crippen molar-refractivity contribution in [2.45, 2.75) is 32.2 Å². The molecule has 4 heteroatoms. The normalized spacial score (nSPS) is 23.6. The maximum absolute atomic E-state index is 12.1. The third kappa shape index (κ3) is 2.42. The van der Waals surface area contributed by atoms with Crippen LogP contribution < -0.4 is 10.6 Å². The van der Waals surface area contributed by atoms with E-state index >= 15 is 0 Å². The molecule has 1 aliphatic heterocycles. The summed E-state index contributed by atoms with van der Waals surface area (Å²) in [6.45, 7) is 4.60. The zero-order valence-electron chi connectivity index (χ0n) is 10.2. The number of carbonyl (C=O) groups excluding carboxylic acids is 1. The van der Waals surface area contributed by atoms with Crippen LogP contribution in [0.5, 0.6) is 5.75 Å². The first-order valence-corrected chi connectivity index (χ1v) is 5.87. The fourth-order valence-corrected chi connectivity index (χ4v) is 2.04. The van der Waals surface area contributed by atoms with Gasteiger partial charge in [0.1, 0.15) is 5.75 Å². The number of amides is 1. The molecule has 1 saturated heterocycles. The Morgan fingerprint density at radius 1 is 1.53 bits per heavy atom. The van der Waals surface area contributed by atoms with Crippen LogP contribution in [0.4, 0.5) is 5.69 Å². The third-order valence-corrected chi connectivity index (χ3v) is 3.34. The first-order valence-electron chi connectivity index (χ1n) is 5.87. The Hall–Kier alpha value is -1.55. The van der Waals surface area contributed by atoms with Gasteiger partial charge < -0.3 is 15.7 Å². The Morgan fingerprint density at radius 3 is 2.88 bits per heavy atom. The second-order valence-corrected chi connectivity index (χ2v) is 4.82. The van der Waals surface area contributed by atoms with E-state index in [1.165, 1.54) is 0 Å². The molecule has 0 bridgehead atoms. The van der Waals surface area contributed by atoms with Crippen LogP contribution in [0.2, 0.25) is 0 Å². The van der Waals surface area contributed by atoms with E-state index < -0.39 is 5.54 Å². The predicted molar refractivity (Wildman–Crippen MR) is 67.1 cm³/mol.